The van der Waals surface area contributed by atoms with E-state index in [9.17, 15) is 4.79 Å². The third-order valence-electron chi connectivity index (χ3n) is 4.44. The number of carbonyl (C=O) groups is 1. The summed E-state index contributed by atoms with van der Waals surface area (Å²) < 4.78 is 5.39. The summed E-state index contributed by atoms with van der Waals surface area (Å²) in [6.07, 6.45) is 3.93. The minimum absolute atomic E-state index is 0. The Hall–Kier alpha value is -1.08. The number of amides is 1. The molecule has 6 nitrogen and oxygen atoms in total. The van der Waals surface area contributed by atoms with E-state index in [0.717, 1.165) is 44.8 Å². The van der Waals surface area contributed by atoms with Crippen LogP contribution in [-0.2, 0) is 4.74 Å². The number of nitrogens with zero attached hydrogens (tertiary/aromatic N) is 3. The van der Waals surface area contributed by atoms with E-state index < -0.39 is 0 Å². The summed E-state index contributed by atoms with van der Waals surface area (Å²) in [5.74, 6) is 0.886. The molecular weight excluding hydrogens is 351 g/mol. The Morgan fingerprint density at radius 3 is 2.75 bits per heavy atom. The van der Waals surface area contributed by atoms with Gasteiger partial charge in [-0.05, 0) is 32.0 Å². The minimum Gasteiger partial charge on any atom is -0.378 e. The van der Waals surface area contributed by atoms with Crippen molar-refractivity contribution in [2.75, 3.05) is 51.3 Å². The van der Waals surface area contributed by atoms with Gasteiger partial charge in [0, 0.05) is 38.4 Å². The molecule has 0 aliphatic carbocycles. The van der Waals surface area contributed by atoms with Crippen molar-refractivity contribution in [3.8, 4) is 0 Å². The van der Waals surface area contributed by atoms with Gasteiger partial charge in [-0.15, -0.1) is 24.8 Å². The molecule has 2 aliphatic heterocycles. The number of nitrogens with one attached hydrogen (secondary N) is 1. The molecule has 2 fully saturated rings. The van der Waals surface area contributed by atoms with E-state index in [1.807, 2.05) is 24.1 Å². The second kappa shape index (κ2) is 10.0. The van der Waals surface area contributed by atoms with Crippen molar-refractivity contribution in [2.24, 2.45) is 0 Å². The monoisotopic (exact) mass is 376 g/mol. The molecule has 1 atom stereocenters. The first-order chi connectivity index (χ1) is 10.8. The number of hydrogen-bond acceptors (Lipinski definition) is 5. The lowest BCUT2D eigenvalue weighted by atomic mass is 10.0. The maximum atomic E-state index is 12.9. The van der Waals surface area contributed by atoms with Gasteiger partial charge in [-0.1, -0.05) is 0 Å². The molecule has 1 aromatic rings. The molecule has 8 heteroatoms. The van der Waals surface area contributed by atoms with Gasteiger partial charge in [0.2, 0.25) is 0 Å². The average molecular weight is 377 g/mol. The topological polar surface area (TPSA) is 57.7 Å². The Balaban J connectivity index is 0.00000144. The Labute approximate surface area is 155 Å². The molecule has 0 bridgehead atoms. The number of carbonyl (C=O) groups excluding carboxylic acids is 1. The molecule has 0 saturated carbocycles. The van der Waals surface area contributed by atoms with Crippen LogP contribution in [-0.4, -0.2) is 68.3 Å². The van der Waals surface area contributed by atoms with Gasteiger partial charge in [0.05, 0.1) is 18.8 Å². The summed E-state index contributed by atoms with van der Waals surface area (Å²) in [5.41, 5.74) is 0.709. The van der Waals surface area contributed by atoms with Crippen LogP contribution in [0.2, 0.25) is 0 Å². The summed E-state index contributed by atoms with van der Waals surface area (Å²) in [5, 5.41) is 3.28. The third kappa shape index (κ3) is 4.72. The summed E-state index contributed by atoms with van der Waals surface area (Å²) in [6.45, 7) is 4.56. The molecule has 1 N–H and O–H groups in total. The molecule has 136 valence electrons. The van der Waals surface area contributed by atoms with Crippen molar-refractivity contribution in [2.45, 2.75) is 18.9 Å². The second-order valence-corrected chi connectivity index (χ2v) is 5.85. The van der Waals surface area contributed by atoms with Crippen LogP contribution >= 0.6 is 24.8 Å². The van der Waals surface area contributed by atoms with Crippen LogP contribution in [0.4, 0.5) is 5.82 Å². The van der Waals surface area contributed by atoms with E-state index >= 15 is 0 Å². The van der Waals surface area contributed by atoms with Crippen molar-refractivity contribution >= 4 is 36.5 Å². The molecular formula is C16H26Cl2N4O2. The molecule has 24 heavy (non-hydrogen) atoms. The van der Waals surface area contributed by atoms with E-state index in [1.165, 1.54) is 0 Å². The molecule has 1 unspecified atom stereocenters. The molecule has 0 radical (unpaired) electrons. The van der Waals surface area contributed by atoms with E-state index in [0.29, 0.717) is 24.8 Å². The summed E-state index contributed by atoms with van der Waals surface area (Å²) in [6, 6.07) is 4.13. The largest absolute Gasteiger partial charge is 0.378 e. The van der Waals surface area contributed by atoms with Gasteiger partial charge in [0.25, 0.3) is 5.91 Å². The van der Waals surface area contributed by atoms with Crippen LogP contribution in [0.15, 0.2) is 18.3 Å². The highest BCUT2D eigenvalue weighted by atomic mass is 35.5. The normalized spacial score (nSPS) is 20.8. The van der Waals surface area contributed by atoms with Gasteiger partial charge in [-0.2, -0.15) is 0 Å². The van der Waals surface area contributed by atoms with Crippen molar-refractivity contribution in [1.82, 2.24) is 15.2 Å². The van der Waals surface area contributed by atoms with Crippen molar-refractivity contribution in [3.63, 3.8) is 0 Å². The van der Waals surface area contributed by atoms with E-state index in [4.69, 9.17) is 4.74 Å². The number of piperidine rings is 1. The maximum absolute atomic E-state index is 12.9. The second-order valence-electron chi connectivity index (χ2n) is 5.85. The number of halogens is 2. The van der Waals surface area contributed by atoms with Gasteiger partial charge in [0.1, 0.15) is 5.82 Å². The molecule has 2 aliphatic rings. The molecule has 0 spiro atoms. The first-order valence-electron chi connectivity index (χ1n) is 8.04. The quantitative estimate of drug-likeness (QED) is 0.867. The van der Waals surface area contributed by atoms with Gasteiger partial charge < -0.3 is 19.9 Å². The predicted molar refractivity (Wildman–Crippen MR) is 99.8 cm³/mol. The number of pyridine rings is 1. The van der Waals surface area contributed by atoms with Gasteiger partial charge in [-0.3, -0.25) is 4.79 Å². The summed E-state index contributed by atoms with van der Waals surface area (Å²) in [7, 11) is 1.96. The van der Waals surface area contributed by atoms with Crippen LogP contribution in [0.5, 0.6) is 0 Å². The highest BCUT2D eigenvalue weighted by molar-refractivity contribution is 5.99. The van der Waals surface area contributed by atoms with Crippen molar-refractivity contribution in [3.05, 3.63) is 23.9 Å². The smallest absolute Gasteiger partial charge is 0.257 e. The zero-order valence-electron chi connectivity index (χ0n) is 13.9. The van der Waals surface area contributed by atoms with Gasteiger partial charge in [0.15, 0.2) is 0 Å². The Morgan fingerprint density at radius 1 is 1.29 bits per heavy atom. The highest BCUT2D eigenvalue weighted by Gasteiger charge is 2.27. The Morgan fingerprint density at radius 2 is 2.04 bits per heavy atom. The maximum Gasteiger partial charge on any atom is 0.257 e. The van der Waals surface area contributed by atoms with E-state index in [1.54, 1.807) is 6.20 Å². The zero-order valence-corrected chi connectivity index (χ0v) is 15.6. The molecule has 1 amide bonds. The number of likely N-dealkylation sites (N-methyl/N-ethyl adjacent to an activating group) is 1. The number of rotatable bonds is 3. The molecule has 3 heterocycles. The average Bonchev–Trinajstić information content (AvgIpc) is 2.62. The lowest BCUT2D eigenvalue weighted by molar-refractivity contribution is 0.0697. The van der Waals surface area contributed by atoms with Crippen molar-refractivity contribution in [1.29, 1.82) is 0 Å². The first kappa shape index (κ1) is 21.0. The summed E-state index contributed by atoms with van der Waals surface area (Å²) in [4.78, 5) is 21.5. The number of likely N-dealkylation sites (tertiary alicyclic amines) is 1. The van der Waals surface area contributed by atoms with Gasteiger partial charge in [-0.25, -0.2) is 4.98 Å². The minimum atomic E-state index is 0. The van der Waals surface area contributed by atoms with Gasteiger partial charge >= 0.3 is 0 Å². The Kier molecular flexibility index (Phi) is 8.76. The van der Waals surface area contributed by atoms with Crippen molar-refractivity contribution < 1.29 is 9.53 Å². The first-order valence-corrected chi connectivity index (χ1v) is 8.04. The lowest BCUT2D eigenvalue weighted by Crippen LogP contribution is -2.47. The number of hydrogen-bond donors (Lipinski definition) is 1. The van der Waals surface area contributed by atoms with Crippen LogP contribution in [0, 0.1) is 0 Å². The summed E-state index contributed by atoms with van der Waals surface area (Å²) >= 11 is 0. The zero-order chi connectivity index (χ0) is 15.4. The number of morpholine rings is 1. The highest BCUT2D eigenvalue weighted by Crippen LogP contribution is 2.22. The molecule has 2 saturated heterocycles. The van der Waals surface area contributed by atoms with E-state index in [-0.39, 0.29) is 30.7 Å². The predicted octanol–water partition coefficient (Wildman–Crippen LogP) is 1.59. The molecule has 3 rings (SSSR count). The van der Waals surface area contributed by atoms with E-state index in [2.05, 4.69) is 15.2 Å². The standard InChI is InChI=1S/C16H24N4O2.2ClH/c1-17-13-4-3-7-20(12-13)16(21)14-5-2-6-18-15(14)19-8-10-22-11-9-19;;/h2,5-6,13,17H,3-4,7-12H2,1H3;2*1H. The fraction of sp³-hybridized carbons (Fsp3) is 0.625. The number of anilines is 1. The fourth-order valence-electron chi connectivity index (χ4n) is 3.16. The molecule has 0 aromatic carbocycles. The van der Waals surface area contributed by atoms with Crippen LogP contribution in [0.25, 0.3) is 0 Å². The lowest BCUT2D eigenvalue weighted by Gasteiger charge is -2.34. The SMILES string of the molecule is CNC1CCCN(C(=O)c2cccnc2N2CCOCC2)C1.Cl.Cl. The van der Waals surface area contributed by atoms with Crippen LogP contribution in [0.3, 0.4) is 0 Å². The number of aromatic nitrogens is 1. The third-order valence-corrected chi connectivity index (χ3v) is 4.44. The van der Waals surface area contributed by atoms with Crippen LogP contribution < -0.4 is 10.2 Å². The van der Waals surface area contributed by atoms with Crippen LogP contribution in [0.1, 0.15) is 23.2 Å². The Bertz CT molecular complexity index is 527. The number of ether oxygens (including phenoxy) is 1. The fourth-order valence-corrected chi connectivity index (χ4v) is 3.16. The molecule has 1 aromatic heterocycles.